The fourth-order valence-corrected chi connectivity index (χ4v) is 2.84. The lowest BCUT2D eigenvalue weighted by atomic mass is 9.96. The SMILES string of the molecule is Fc1cc(F)cc(C2(c3cc(F)cc(F)c3)Oc3ccccc3O2)c1. The molecule has 0 saturated carbocycles. The molecule has 0 fully saturated rings. The van der Waals surface area contributed by atoms with Gasteiger partial charge in [0.1, 0.15) is 23.3 Å². The zero-order valence-electron chi connectivity index (χ0n) is 12.6. The fraction of sp³-hybridized carbons (Fsp3) is 0.0526. The van der Waals surface area contributed by atoms with Crippen molar-refractivity contribution in [3.05, 3.63) is 95.1 Å². The fourth-order valence-electron chi connectivity index (χ4n) is 2.84. The van der Waals surface area contributed by atoms with Crippen molar-refractivity contribution in [3.8, 4) is 11.5 Å². The number of hydrogen-bond acceptors (Lipinski definition) is 2. The van der Waals surface area contributed by atoms with E-state index in [-0.39, 0.29) is 22.6 Å². The maximum absolute atomic E-state index is 13.8. The van der Waals surface area contributed by atoms with E-state index in [1.54, 1.807) is 24.3 Å². The Balaban J connectivity index is 1.97. The van der Waals surface area contributed by atoms with Crippen molar-refractivity contribution >= 4 is 0 Å². The Morgan fingerprint density at radius 3 is 1.28 bits per heavy atom. The van der Waals surface area contributed by atoms with Gasteiger partial charge in [0.05, 0.1) is 0 Å². The molecule has 4 rings (SSSR count). The summed E-state index contributed by atoms with van der Waals surface area (Å²) in [4.78, 5) is 0. The van der Waals surface area contributed by atoms with Gasteiger partial charge in [0.15, 0.2) is 11.5 Å². The van der Waals surface area contributed by atoms with E-state index in [2.05, 4.69) is 0 Å². The molecule has 0 unspecified atom stereocenters. The minimum Gasteiger partial charge on any atom is -0.440 e. The van der Waals surface area contributed by atoms with Crippen LogP contribution in [0.5, 0.6) is 11.5 Å². The van der Waals surface area contributed by atoms with Crippen LogP contribution in [0.2, 0.25) is 0 Å². The van der Waals surface area contributed by atoms with Crippen LogP contribution in [0.25, 0.3) is 0 Å². The molecule has 0 saturated heterocycles. The molecule has 126 valence electrons. The quantitative estimate of drug-likeness (QED) is 0.614. The lowest BCUT2D eigenvalue weighted by Gasteiger charge is -2.28. The highest BCUT2D eigenvalue weighted by Crippen LogP contribution is 2.47. The molecule has 0 bridgehead atoms. The van der Waals surface area contributed by atoms with Crippen LogP contribution in [0.1, 0.15) is 11.1 Å². The molecule has 1 aliphatic heterocycles. The largest absolute Gasteiger partial charge is 0.440 e. The van der Waals surface area contributed by atoms with Crippen molar-refractivity contribution in [2.45, 2.75) is 5.79 Å². The van der Waals surface area contributed by atoms with Gasteiger partial charge in [0.25, 0.3) is 0 Å². The maximum atomic E-state index is 13.8. The second kappa shape index (κ2) is 5.51. The summed E-state index contributed by atoms with van der Waals surface area (Å²) in [5.74, 6) is -4.79. The first-order chi connectivity index (χ1) is 12.0. The van der Waals surface area contributed by atoms with Crippen molar-refractivity contribution in [3.63, 3.8) is 0 Å². The zero-order chi connectivity index (χ0) is 17.6. The van der Waals surface area contributed by atoms with E-state index in [1.807, 2.05) is 0 Å². The van der Waals surface area contributed by atoms with Crippen LogP contribution in [0.3, 0.4) is 0 Å². The van der Waals surface area contributed by atoms with Crippen LogP contribution in [0, 0.1) is 23.3 Å². The summed E-state index contributed by atoms with van der Waals surface area (Å²) in [5.41, 5.74) is -0.127. The number of halogens is 4. The molecule has 2 nitrogen and oxygen atoms in total. The minimum absolute atomic E-state index is 0.0637. The molecule has 0 atom stereocenters. The van der Waals surface area contributed by atoms with E-state index in [1.165, 1.54) is 0 Å². The number of fused-ring (bicyclic) bond motifs is 1. The van der Waals surface area contributed by atoms with E-state index in [9.17, 15) is 17.6 Å². The predicted molar refractivity (Wildman–Crippen MR) is 81.2 cm³/mol. The zero-order valence-corrected chi connectivity index (χ0v) is 12.6. The smallest absolute Gasteiger partial charge is 0.306 e. The monoisotopic (exact) mass is 346 g/mol. The summed E-state index contributed by atoms with van der Waals surface area (Å²) in [7, 11) is 0. The minimum atomic E-state index is -1.91. The van der Waals surface area contributed by atoms with Gasteiger partial charge in [-0.05, 0) is 36.4 Å². The number of benzene rings is 3. The molecule has 0 radical (unpaired) electrons. The third kappa shape index (κ3) is 2.59. The standard InChI is InChI=1S/C19H10F4O2/c20-13-5-11(6-14(21)9-13)19(12-7-15(22)10-16(23)8-12)24-17-3-1-2-4-18(17)25-19/h1-10H. The van der Waals surface area contributed by atoms with Crippen molar-refractivity contribution in [1.82, 2.24) is 0 Å². The number of ether oxygens (including phenoxy) is 2. The molecule has 0 spiro atoms. The van der Waals surface area contributed by atoms with E-state index >= 15 is 0 Å². The molecular weight excluding hydrogens is 336 g/mol. The third-order valence-electron chi connectivity index (χ3n) is 3.84. The van der Waals surface area contributed by atoms with Crippen LogP contribution in [-0.4, -0.2) is 0 Å². The molecular formula is C19H10F4O2. The average molecular weight is 346 g/mol. The maximum Gasteiger partial charge on any atom is 0.306 e. The molecule has 3 aromatic rings. The Kier molecular flexibility index (Phi) is 3.42. The van der Waals surface area contributed by atoms with Gasteiger partial charge in [-0.1, -0.05) is 12.1 Å². The van der Waals surface area contributed by atoms with Gasteiger partial charge in [-0.15, -0.1) is 0 Å². The van der Waals surface area contributed by atoms with E-state index < -0.39 is 29.1 Å². The topological polar surface area (TPSA) is 18.5 Å². The van der Waals surface area contributed by atoms with Gasteiger partial charge in [-0.25, -0.2) is 17.6 Å². The number of para-hydroxylation sites is 2. The van der Waals surface area contributed by atoms with Crippen LogP contribution in [-0.2, 0) is 5.79 Å². The van der Waals surface area contributed by atoms with Gasteiger partial charge in [-0.3, -0.25) is 0 Å². The second-order valence-corrected chi connectivity index (χ2v) is 5.58. The molecule has 0 N–H and O–H groups in total. The van der Waals surface area contributed by atoms with E-state index in [0.717, 1.165) is 24.3 Å². The average Bonchev–Trinajstić information content (AvgIpc) is 2.94. The van der Waals surface area contributed by atoms with Crippen molar-refractivity contribution < 1.29 is 27.0 Å². The third-order valence-corrected chi connectivity index (χ3v) is 3.84. The van der Waals surface area contributed by atoms with Gasteiger partial charge in [-0.2, -0.15) is 0 Å². The van der Waals surface area contributed by atoms with Gasteiger partial charge in [0.2, 0.25) is 0 Å². The molecule has 25 heavy (non-hydrogen) atoms. The van der Waals surface area contributed by atoms with Crippen molar-refractivity contribution in [1.29, 1.82) is 0 Å². The highest BCUT2D eigenvalue weighted by Gasteiger charge is 2.46. The van der Waals surface area contributed by atoms with Crippen LogP contribution < -0.4 is 9.47 Å². The summed E-state index contributed by atoms with van der Waals surface area (Å²) in [5, 5.41) is 0. The first-order valence-electron chi connectivity index (χ1n) is 7.36. The molecule has 0 aromatic heterocycles. The molecule has 0 aliphatic carbocycles. The van der Waals surface area contributed by atoms with Gasteiger partial charge < -0.3 is 9.47 Å². The summed E-state index contributed by atoms with van der Waals surface area (Å²) in [6.07, 6.45) is 0. The lowest BCUT2D eigenvalue weighted by molar-refractivity contribution is -0.0468. The summed E-state index contributed by atoms with van der Waals surface area (Å²) < 4.78 is 66.6. The normalized spacial score (nSPS) is 14.6. The summed E-state index contributed by atoms with van der Waals surface area (Å²) in [6.45, 7) is 0. The number of rotatable bonds is 2. The van der Waals surface area contributed by atoms with E-state index in [0.29, 0.717) is 12.1 Å². The summed E-state index contributed by atoms with van der Waals surface area (Å²) >= 11 is 0. The Morgan fingerprint density at radius 1 is 0.560 bits per heavy atom. The first-order valence-corrected chi connectivity index (χ1v) is 7.36. The molecule has 1 aliphatic rings. The van der Waals surface area contributed by atoms with Gasteiger partial charge in [0, 0.05) is 23.3 Å². The molecule has 6 heteroatoms. The molecule has 0 amide bonds. The highest BCUT2D eigenvalue weighted by atomic mass is 19.1. The van der Waals surface area contributed by atoms with Crippen molar-refractivity contribution in [2.75, 3.05) is 0 Å². The predicted octanol–water partition coefficient (Wildman–Crippen LogP) is 4.92. The lowest BCUT2D eigenvalue weighted by Crippen LogP contribution is -2.37. The summed E-state index contributed by atoms with van der Waals surface area (Å²) in [6, 6.07) is 11.9. The van der Waals surface area contributed by atoms with Crippen molar-refractivity contribution in [2.24, 2.45) is 0 Å². The Hall–Kier alpha value is -3.02. The van der Waals surface area contributed by atoms with Crippen LogP contribution in [0.4, 0.5) is 17.6 Å². The van der Waals surface area contributed by atoms with E-state index in [4.69, 9.17) is 9.47 Å². The number of hydrogen-bond donors (Lipinski definition) is 0. The first kappa shape index (κ1) is 15.5. The highest BCUT2D eigenvalue weighted by molar-refractivity contribution is 5.49. The molecule has 1 heterocycles. The Labute approximate surface area is 140 Å². The second-order valence-electron chi connectivity index (χ2n) is 5.58. The Morgan fingerprint density at radius 2 is 0.920 bits per heavy atom. The van der Waals surface area contributed by atoms with Gasteiger partial charge >= 0.3 is 5.79 Å². The molecule has 3 aromatic carbocycles. The Bertz CT molecular complexity index is 852. The van der Waals surface area contributed by atoms with Crippen LogP contribution in [0.15, 0.2) is 60.7 Å². The van der Waals surface area contributed by atoms with Crippen LogP contribution >= 0.6 is 0 Å².